The number of aliphatic carboxylic acids is 1. The summed E-state index contributed by atoms with van der Waals surface area (Å²) in [7, 11) is 0. The van der Waals surface area contributed by atoms with E-state index in [1.54, 1.807) is 6.92 Å². The van der Waals surface area contributed by atoms with E-state index in [0.717, 1.165) is 29.3 Å². The number of aromatic nitrogens is 1. The molecule has 2 fully saturated rings. The predicted octanol–water partition coefficient (Wildman–Crippen LogP) is 0.331. The number of hydrogen-bond donors (Lipinski definition) is 4. The largest absolute Gasteiger partial charge is 0.477 e. The molecule has 168 valence electrons. The number of β-lactam (4-membered cyclic amide) rings is 1. The highest BCUT2D eigenvalue weighted by Crippen LogP contribution is 2.51. The van der Waals surface area contributed by atoms with E-state index in [9.17, 15) is 24.6 Å². The minimum atomic E-state index is -1.10. The van der Waals surface area contributed by atoms with Crippen LogP contribution < -0.4 is 11.1 Å². The zero-order chi connectivity index (χ0) is 22.4. The maximum Gasteiger partial charge on any atom is 0.353 e. The fraction of sp³-hybridized carbons (Fsp3) is 0.600. The van der Waals surface area contributed by atoms with Crippen LogP contribution in [0.2, 0.25) is 0 Å². The van der Waals surface area contributed by atoms with Crippen LogP contribution in [-0.2, 0) is 27.2 Å². The Morgan fingerprint density at radius 3 is 2.87 bits per heavy atom. The second kappa shape index (κ2) is 8.53. The van der Waals surface area contributed by atoms with Gasteiger partial charge >= 0.3 is 5.97 Å². The Morgan fingerprint density at radius 1 is 1.48 bits per heavy atom. The Hall–Kier alpha value is -1.95. The summed E-state index contributed by atoms with van der Waals surface area (Å²) in [5.41, 5.74) is 5.98. The number of fused-ring (bicyclic) bond motifs is 1. The smallest absolute Gasteiger partial charge is 0.353 e. The van der Waals surface area contributed by atoms with Crippen molar-refractivity contribution in [1.29, 1.82) is 0 Å². The lowest BCUT2D eigenvalue weighted by molar-refractivity contribution is -0.163. The van der Waals surface area contributed by atoms with Crippen LogP contribution in [0.4, 0.5) is 0 Å². The molecule has 4 rings (SSSR count). The molecule has 1 aromatic rings. The van der Waals surface area contributed by atoms with Crippen LogP contribution in [0.1, 0.15) is 31.0 Å². The Bertz CT molecular complexity index is 946. The van der Waals surface area contributed by atoms with Crippen molar-refractivity contribution >= 4 is 40.9 Å². The molecule has 5 N–H and O–H groups in total. The quantitative estimate of drug-likeness (QED) is 0.401. The van der Waals surface area contributed by atoms with E-state index in [1.165, 1.54) is 28.0 Å². The highest BCUT2D eigenvalue weighted by Gasteiger charge is 2.60. The van der Waals surface area contributed by atoms with Gasteiger partial charge in [-0.2, -0.15) is 0 Å². The first-order chi connectivity index (χ1) is 14.7. The maximum absolute atomic E-state index is 12.5. The predicted molar refractivity (Wildman–Crippen MR) is 116 cm³/mol. The molecular weight excluding hydrogens is 440 g/mol. The minimum Gasteiger partial charge on any atom is -0.477 e. The number of hydrogen-bond acceptors (Lipinski definition) is 8. The lowest BCUT2D eigenvalue weighted by Crippen LogP contribution is -2.63. The van der Waals surface area contributed by atoms with Crippen molar-refractivity contribution in [3.05, 3.63) is 26.7 Å². The number of nitrogens with two attached hydrogens (primary N) is 1. The molecule has 4 heterocycles. The number of nitrogens with one attached hydrogen (secondary N) is 1. The topological polar surface area (TPSA) is 146 Å². The fourth-order valence-electron chi connectivity index (χ4n) is 4.80. The number of aliphatic hydroxyl groups is 1. The second-order valence-electron chi connectivity index (χ2n) is 8.43. The van der Waals surface area contributed by atoms with Gasteiger partial charge in [0, 0.05) is 40.5 Å². The number of carbonyl (C=O) groups excluding carboxylic acids is 2. The summed E-state index contributed by atoms with van der Waals surface area (Å²) in [6.45, 7) is 4.25. The van der Waals surface area contributed by atoms with Crippen molar-refractivity contribution < 1.29 is 24.6 Å². The van der Waals surface area contributed by atoms with E-state index in [-0.39, 0.29) is 41.3 Å². The van der Waals surface area contributed by atoms with E-state index in [1.807, 2.05) is 12.3 Å². The van der Waals surface area contributed by atoms with Crippen molar-refractivity contribution in [2.75, 3.05) is 6.54 Å². The molecule has 0 bridgehead atoms. The van der Waals surface area contributed by atoms with Gasteiger partial charge < -0.3 is 26.2 Å². The van der Waals surface area contributed by atoms with E-state index >= 15 is 0 Å². The number of aliphatic hydroxyl groups excluding tert-OH is 1. The van der Waals surface area contributed by atoms with Crippen molar-refractivity contribution in [2.45, 2.75) is 56.5 Å². The molecule has 0 aliphatic carbocycles. The van der Waals surface area contributed by atoms with E-state index in [0.29, 0.717) is 5.69 Å². The van der Waals surface area contributed by atoms with Crippen LogP contribution in [0.3, 0.4) is 0 Å². The van der Waals surface area contributed by atoms with Gasteiger partial charge in [-0.3, -0.25) is 9.59 Å². The first kappa shape index (κ1) is 22.3. The average molecular weight is 467 g/mol. The lowest BCUT2D eigenvalue weighted by atomic mass is 9.79. The van der Waals surface area contributed by atoms with Crippen LogP contribution in [-0.4, -0.2) is 67.9 Å². The first-order valence-electron chi connectivity index (χ1n) is 10.3. The van der Waals surface area contributed by atoms with Gasteiger partial charge in [-0.1, -0.05) is 6.92 Å². The minimum absolute atomic E-state index is 0.0730. The van der Waals surface area contributed by atoms with Crippen LogP contribution in [0.15, 0.2) is 16.0 Å². The molecule has 2 amide bonds. The van der Waals surface area contributed by atoms with Crippen molar-refractivity contribution in [1.82, 2.24) is 15.2 Å². The van der Waals surface area contributed by atoms with Crippen LogP contribution in [0.5, 0.6) is 0 Å². The van der Waals surface area contributed by atoms with Gasteiger partial charge in [0.1, 0.15) is 5.70 Å². The molecule has 3 aliphatic rings. The molecule has 3 aliphatic heterocycles. The standard InChI is InChI=1S/C20H26N4O5S2/c1-8-16-15(9(2)25)19(27)24(16)17(20(28)29)18(8)31-12-3-10(22-6-12)5-14-23-11(7-30-14)4-13(21)26/h7-10,12,15-16,22,25H,3-6H2,1-2H3,(H2,21,26)(H,28,29)/t8-,9-,10+,12+,15?,16?/m1/s1. The third kappa shape index (κ3) is 4.11. The van der Waals surface area contributed by atoms with Gasteiger partial charge in [-0.25, -0.2) is 9.78 Å². The second-order valence-corrected chi connectivity index (χ2v) is 10.7. The fourth-order valence-corrected chi connectivity index (χ4v) is 7.19. The summed E-state index contributed by atoms with van der Waals surface area (Å²) in [4.78, 5) is 42.0. The molecule has 0 aromatic carbocycles. The van der Waals surface area contributed by atoms with E-state index < -0.39 is 23.9 Å². The van der Waals surface area contributed by atoms with Crippen molar-refractivity contribution in [3.8, 4) is 0 Å². The van der Waals surface area contributed by atoms with Gasteiger partial charge in [0.15, 0.2) is 0 Å². The molecule has 31 heavy (non-hydrogen) atoms. The number of rotatable bonds is 8. The molecule has 9 nitrogen and oxygen atoms in total. The summed E-state index contributed by atoms with van der Waals surface area (Å²) < 4.78 is 0. The molecule has 0 saturated carbocycles. The summed E-state index contributed by atoms with van der Waals surface area (Å²) in [5, 5.41) is 26.2. The molecule has 1 aromatic heterocycles. The van der Waals surface area contributed by atoms with Crippen LogP contribution >= 0.6 is 23.1 Å². The number of carboxylic acid groups (broad SMARTS) is 1. The Balaban J connectivity index is 1.41. The zero-order valence-corrected chi connectivity index (χ0v) is 18.9. The van der Waals surface area contributed by atoms with Crippen LogP contribution in [0.25, 0.3) is 0 Å². The van der Waals surface area contributed by atoms with Gasteiger partial charge in [-0.05, 0) is 13.3 Å². The van der Waals surface area contributed by atoms with E-state index in [4.69, 9.17) is 5.73 Å². The Kier molecular flexibility index (Phi) is 6.12. The molecule has 0 radical (unpaired) electrons. The SMILES string of the molecule is C[C@@H](O)C1C(=O)N2C(C(=O)O)=C(S[C@@H]3CN[C@H](Cc4nc(CC(N)=O)cs4)C3)[C@H](C)C12. The number of thiazole rings is 1. The number of amides is 2. The van der Waals surface area contributed by atoms with E-state index in [2.05, 4.69) is 10.3 Å². The summed E-state index contributed by atoms with van der Waals surface area (Å²) in [6.07, 6.45) is 0.918. The third-order valence-electron chi connectivity index (χ3n) is 6.16. The lowest BCUT2D eigenvalue weighted by Gasteiger charge is -2.46. The number of carbonyl (C=O) groups is 3. The van der Waals surface area contributed by atoms with Gasteiger partial charge in [0.2, 0.25) is 11.8 Å². The summed E-state index contributed by atoms with van der Waals surface area (Å²) in [6, 6.07) is -0.0789. The highest BCUT2D eigenvalue weighted by atomic mass is 32.2. The van der Waals surface area contributed by atoms with Gasteiger partial charge in [-0.15, -0.1) is 23.1 Å². The van der Waals surface area contributed by atoms with Crippen molar-refractivity contribution in [2.24, 2.45) is 17.6 Å². The molecule has 11 heteroatoms. The van der Waals surface area contributed by atoms with Crippen LogP contribution in [0, 0.1) is 11.8 Å². The Labute approximate surface area is 188 Å². The highest BCUT2D eigenvalue weighted by molar-refractivity contribution is 8.03. The van der Waals surface area contributed by atoms with Crippen molar-refractivity contribution in [3.63, 3.8) is 0 Å². The monoisotopic (exact) mass is 466 g/mol. The summed E-state index contributed by atoms with van der Waals surface area (Å²) >= 11 is 3.04. The number of thioether (sulfide) groups is 1. The maximum atomic E-state index is 12.5. The average Bonchev–Trinajstić information content (AvgIpc) is 3.34. The van der Waals surface area contributed by atoms with Gasteiger partial charge in [0.25, 0.3) is 0 Å². The summed E-state index contributed by atoms with van der Waals surface area (Å²) in [5.74, 6) is -2.47. The first-order valence-corrected chi connectivity index (χ1v) is 12.0. The third-order valence-corrected chi connectivity index (χ3v) is 8.59. The molecule has 6 atom stereocenters. The molecular formula is C20H26N4O5S2. The molecule has 2 unspecified atom stereocenters. The molecule has 0 spiro atoms. The normalized spacial score (nSPS) is 31.0. The molecule has 2 saturated heterocycles. The number of primary amides is 1. The Morgan fingerprint density at radius 2 is 2.23 bits per heavy atom. The van der Waals surface area contributed by atoms with Gasteiger partial charge in [0.05, 0.1) is 35.2 Å². The number of nitrogens with zero attached hydrogens (tertiary/aromatic N) is 2. The zero-order valence-electron chi connectivity index (χ0n) is 17.3. The number of carboxylic acids is 1.